The van der Waals surface area contributed by atoms with Crippen LogP contribution in [0.3, 0.4) is 0 Å². The number of nitrogens with zero attached hydrogens (tertiary/aromatic N) is 1. The fourth-order valence-electron chi connectivity index (χ4n) is 2.48. The van der Waals surface area contributed by atoms with Crippen LogP contribution in [0.2, 0.25) is 0 Å². The minimum absolute atomic E-state index is 0.0495. The van der Waals surface area contributed by atoms with Crippen LogP contribution in [0.1, 0.15) is 32.3 Å². The predicted octanol–water partition coefficient (Wildman–Crippen LogP) is 0.116. The Bertz CT molecular complexity index is 912. The molecule has 1 aliphatic heterocycles. The van der Waals surface area contributed by atoms with Gasteiger partial charge in [0.25, 0.3) is 15.9 Å². The minimum Gasteiger partial charge on any atom is -0.466 e. The van der Waals surface area contributed by atoms with Gasteiger partial charge in [-0.2, -0.15) is 0 Å². The molecule has 0 radical (unpaired) electrons. The minimum atomic E-state index is -3.70. The topological polar surface area (TPSA) is 140 Å². The van der Waals surface area contributed by atoms with Crippen molar-refractivity contribution in [2.45, 2.75) is 37.6 Å². The van der Waals surface area contributed by atoms with E-state index in [1.54, 1.807) is 25.1 Å². The summed E-state index contributed by atoms with van der Waals surface area (Å²) in [4.78, 5) is 39.1. The van der Waals surface area contributed by atoms with Crippen molar-refractivity contribution in [3.05, 3.63) is 29.8 Å². The molecule has 158 valence electrons. The molecule has 29 heavy (non-hydrogen) atoms. The molecular formula is C18H23N3O7S. The van der Waals surface area contributed by atoms with Crippen LogP contribution in [0.4, 0.5) is 0 Å². The molecule has 2 N–H and O–H groups in total. The quantitative estimate of drug-likeness (QED) is 0.423. The summed E-state index contributed by atoms with van der Waals surface area (Å²) in [5, 5.41) is 2.52. The zero-order valence-corrected chi connectivity index (χ0v) is 17.0. The fraction of sp³-hybridized carbons (Fsp3) is 0.444. The molecule has 1 heterocycles. The molecule has 11 heteroatoms. The summed E-state index contributed by atoms with van der Waals surface area (Å²) in [5.41, 5.74) is 0.367. The first kappa shape index (κ1) is 22.3. The Labute approximate surface area is 168 Å². The van der Waals surface area contributed by atoms with Gasteiger partial charge in [0.1, 0.15) is 11.9 Å². The lowest BCUT2D eigenvalue weighted by atomic mass is 10.2. The Hall–Kier alpha value is -2.95. The number of hydrogen-bond acceptors (Lipinski definition) is 8. The second-order valence-electron chi connectivity index (χ2n) is 6.12. The first-order valence-corrected chi connectivity index (χ1v) is 10.5. The number of nitrogens with one attached hydrogen (secondary N) is 2. The number of fused-ring (bicyclic) bond motifs is 1. The summed E-state index contributed by atoms with van der Waals surface area (Å²) in [7, 11) is -3.70. The number of carbonyl (C=O) groups is 3. The van der Waals surface area contributed by atoms with Gasteiger partial charge in [-0.25, -0.2) is 13.2 Å². The molecule has 1 aliphatic rings. The van der Waals surface area contributed by atoms with E-state index in [1.807, 2.05) is 0 Å². The average molecular weight is 425 g/mol. The van der Waals surface area contributed by atoms with Crippen LogP contribution in [0.25, 0.3) is 0 Å². The smallest absolute Gasteiger partial charge is 0.331 e. The van der Waals surface area contributed by atoms with Crippen molar-refractivity contribution in [2.75, 3.05) is 19.8 Å². The van der Waals surface area contributed by atoms with E-state index in [0.29, 0.717) is 18.6 Å². The maximum atomic E-state index is 12.1. The second-order valence-corrected chi connectivity index (χ2v) is 7.77. The highest BCUT2D eigenvalue weighted by Gasteiger charge is 2.31. The van der Waals surface area contributed by atoms with Gasteiger partial charge in [-0.1, -0.05) is 12.1 Å². The van der Waals surface area contributed by atoms with Crippen molar-refractivity contribution < 1.29 is 32.3 Å². The monoisotopic (exact) mass is 425 g/mol. The Morgan fingerprint density at radius 2 is 1.93 bits per heavy atom. The van der Waals surface area contributed by atoms with Crippen molar-refractivity contribution in [3.63, 3.8) is 0 Å². The van der Waals surface area contributed by atoms with E-state index < -0.39 is 34.5 Å². The van der Waals surface area contributed by atoms with Gasteiger partial charge in [-0.05, 0) is 32.4 Å². The van der Waals surface area contributed by atoms with Gasteiger partial charge in [0, 0.05) is 18.5 Å². The van der Waals surface area contributed by atoms with Gasteiger partial charge >= 0.3 is 11.9 Å². The third-order valence-corrected chi connectivity index (χ3v) is 5.25. The van der Waals surface area contributed by atoms with E-state index in [0.717, 1.165) is 0 Å². The maximum absolute atomic E-state index is 12.1. The lowest BCUT2D eigenvalue weighted by molar-refractivity contribution is -0.149. The molecule has 0 bridgehead atoms. The molecule has 1 aromatic carbocycles. The number of carbonyl (C=O) groups excluding carboxylic acids is 3. The number of amides is 1. The largest absolute Gasteiger partial charge is 0.466 e. The predicted molar refractivity (Wildman–Crippen MR) is 103 cm³/mol. The van der Waals surface area contributed by atoms with E-state index in [4.69, 9.17) is 9.47 Å². The molecule has 0 aromatic heterocycles. The zero-order valence-electron chi connectivity index (χ0n) is 16.1. The summed E-state index contributed by atoms with van der Waals surface area (Å²) < 4.78 is 36.1. The average Bonchev–Trinajstić information content (AvgIpc) is 2.94. The number of esters is 2. The Morgan fingerprint density at radius 1 is 1.21 bits per heavy atom. The number of sulfonamides is 1. The molecule has 0 saturated heterocycles. The number of benzene rings is 1. The third-order valence-electron chi connectivity index (χ3n) is 3.86. The Morgan fingerprint density at radius 3 is 2.66 bits per heavy atom. The third kappa shape index (κ3) is 6.28. The molecule has 1 amide bonds. The number of aliphatic imine (C=N–C) groups is 1. The molecule has 2 rings (SSSR count). The molecular weight excluding hydrogens is 402 g/mol. The van der Waals surface area contributed by atoms with Crippen LogP contribution in [-0.4, -0.2) is 57.9 Å². The standard InChI is InChI=1S/C18H23N3O7S/c1-3-27-16(23)9-6-10-19-15(22)11-28-18(24)12(2)20-17-13-7-4-5-8-14(13)29(25,26)21-17/h4-5,7-8,12H,3,6,9-11H2,1-2H3,(H,19,22)(H,20,21)/t12-/m0/s1. The highest BCUT2D eigenvalue weighted by atomic mass is 32.2. The summed E-state index contributed by atoms with van der Waals surface area (Å²) in [6.45, 7) is 3.18. The molecule has 0 unspecified atom stereocenters. The molecule has 0 aliphatic carbocycles. The Balaban J connectivity index is 1.81. The van der Waals surface area contributed by atoms with Crippen molar-refractivity contribution in [1.29, 1.82) is 0 Å². The van der Waals surface area contributed by atoms with Crippen LogP contribution >= 0.6 is 0 Å². The Kier molecular flexibility index (Phi) is 7.71. The first-order valence-electron chi connectivity index (χ1n) is 9.03. The maximum Gasteiger partial charge on any atom is 0.331 e. The van der Waals surface area contributed by atoms with E-state index in [-0.39, 0.29) is 29.7 Å². The van der Waals surface area contributed by atoms with Crippen LogP contribution in [0, 0.1) is 0 Å². The van der Waals surface area contributed by atoms with Gasteiger partial charge in [-0.15, -0.1) is 0 Å². The summed E-state index contributed by atoms with van der Waals surface area (Å²) >= 11 is 0. The van der Waals surface area contributed by atoms with Crippen LogP contribution in [0.5, 0.6) is 0 Å². The molecule has 0 spiro atoms. The van der Waals surface area contributed by atoms with Gasteiger partial charge in [0.15, 0.2) is 6.61 Å². The van der Waals surface area contributed by atoms with Crippen LogP contribution in [-0.2, 0) is 33.9 Å². The van der Waals surface area contributed by atoms with Gasteiger partial charge in [-0.3, -0.25) is 19.3 Å². The first-order chi connectivity index (χ1) is 13.7. The van der Waals surface area contributed by atoms with Crippen LogP contribution in [0.15, 0.2) is 34.2 Å². The number of hydrogen-bond donors (Lipinski definition) is 2. The van der Waals surface area contributed by atoms with E-state index >= 15 is 0 Å². The van der Waals surface area contributed by atoms with Crippen LogP contribution < -0.4 is 10.0 Å². The summed E-state index contributed by atoms with van der Waals surface area (Å²) in [6.07, 6.45) is 0.585. The van der Waals surface area contributed by atoms with Gasteiger partial charge in [0.05, 0.1) is 11.5 Å². The highest BCUT2D eigenvalue weighted by Crippen LogP contribution is 2.22. The van der Waals surface area contributed by atoms with Crippen molar-refractivity contribution >= 4 is 33.7 Å². The summed E-state index contributed by atoms with van der Waals surface area (Å²) in [6, 6.07) is 5.24. The molecule has 0 fully saturated rings. The number of amidine groups is 1. The molecule has 10 nitrogen and oxygen atoms in total. The molecule has 1 atom stereocenters. The van der Waals surface area contributed by atoms with Gasteiger partial charge < -0.3 is 14.8 Å². The normalized spacial score (nSPS) is 16.4. The fourth-order valence-corrected chi connectivity index (χ4v) is 3.72. The number of ether oxygens (including phenoxy) is 2. The SMILES string of the molecule is CCOC(=O)CCCNC(=O)COC(=O)[C@H](C)N=C1NS(=O)(=O)c2ccccc21. The van der Waals surface area contributed by atoms with Crippen molar-refractivity contribution in [1.82, 2.24) is 10.0 Å². The van der Waals surface area contributed by atoms with E-state index in [1.165, 1.54) is 13.0 Å². The zero-order chi connectivity index (χ0) is 21.4. The number of rotatable bonds is 9. The molecule has 0 saturated carbocycles. The highest BCUT2D eigenvalue weighted by molar-refractivity contribution is 7.90. The van der Waals surface area contributed by atoms with Crippen molar-refractivity contribution in [2.24, 2.45) is 4.99 Å². The molecule has 1 aromatic rings. The second kappa shape index (κ2) is 10.0. The van der Waals surface area contributed by atoms with Crippen molar-refractivity contribution in [3.8, 4) is 0 Å². The lowest BCUT2D eigenvalue weighted by Gasteiger charge is -2.09. The summed E-state index contributed by atoms with van der Waals surface area (Å²) in [5.74, 6) is -1.59. The van der Waals surface area contributed by atoms with E-state index in [2.05, 4.69) is 15.0 Å². The van der Waals surface area contributed by atoms with Gasteiger partial charge in [0.2, 0.25) is 0 Å². The lowest BCUT2D eigenvalue weighted by Crippen LogP contribution is -2.32. The van der Waals surface area contributed by atoms with E-state index in [9.17, 15) is 22.8 Å².